The number of rotatable bonds is 17. The fourth-order valence-corrected chi connectivity index (χ4v) is 15.3. The number of hydrogen-bond acceptors (Lipinski definition) is 9. The Bertz CT molecular complexity index is 2100. The van der Waals surface area contributed by atoms with Crippen LogP contribution in [0.25, 0.3) is 4.85 Å². The summed E-state index contributed by atoms with van der Waals surface area (Å²) in [6.07, 6.45) is 14.9. The first-order chi connectivity index (χ1) is 31.0. The molecule has 2 saturated heterocycles. The molecule has 6 aliphatic rings. The lowest BCUT2D eigenvalue weighted by Crippen LogP contribution is -2.51. The molecule has 4 aliphatic carbocycles. The molecular formula is C51H78N5O8P. The van der Waals surface area contributed by atoms with Gasteiger partial charge in [0, 0.05) is 24.7 Å². The van der Waals surface area contributed by atoms with Crippen molar-refractivity contribution in [3.8, 4) is 11.8 Å². The van der Waals surface area contributed by atoms with Crippen LogP contribution in [-0.2, 0) is 23.3 Å². The normalized spacial score (nSPS) is 34.6. The Kier molecular flexibility index (Phi) is 15.9. The smallest absolute Gasteiger partial charge is 0.408 e. The lowest BCUT2D eigenvalue weighted by atomic mass is 9.47. The zero-order valence-electron chi connectivity index (χ0n) is 41.0. The van der Waals surface area contributed by atoms with Gasteiger partial charge in [-0.25, -0.2) is 20.8 Å². The first-order valence-electron chi connectivity index (χ1n) is 24.9. The fourth-order valence-electron chi connectivity index (χ4n) is 13.5. The summed E-state index contributed by atoms with van der Waals surface area (Å²) >= 11 is 0. The van der Waals surface area contributed by atoms with Crippen molar-refractivity contribution in [2.75, 3.05) is 26.3 Å². The maximum absolute atomic E-state index is 13.3. The van der Waals surface area contributed by atoms with Gasteiger partial charge in [-0.3, -0.25) is 14.3 Å². The van der Waals surface area contributed by atoms with Gasteiger partial charge in [0.2, 0.25) is 6.54 Å². The number of fused-ring (bicyclic) bond motifs is 7. The number of allylic oxidation sites excluding steroid dienone is 1. The van der Waals surface area contributed by atoms with Gasteiger partial charge in [-0.1, -0.05) is 84.3 Å². The van der Waals surface area contributed by atoms with Gasteiger partial charge in [-0.2, -0.15) is 0 Å². The average molecular weight is 920 g/mol. The largest absolute Gasteiger partial charge is 0.446 e. The van der Waals surface area contributed by atoms with E-state index in [0.29, 0.717) is 17.8 Å². The monoisotopic (exact) mass is 920 g/mol. The third-order valence-electron chi connectivity index (χ3n) is 16.7. The van der Waals surface area contributed by atoms with E-state index >= 15 is 0 Å². The topological polar surface area (TPSA) is 138 Å². The summed E-state index contributed by atoms with van der Waals surface area (Å²) < 4.78 is 35.3. The first kappa shape index (κ1) is 49.9. The number of H-pyrrole nitrogens is 1. The van der Waals surface area contributed by atoms with E-state index in [0.717, 1.165) is 55.3 Å². The van der Waals surface area contributed by atoms with Crippen LogP contribution in [0.1, 0.15) is 158 Å². The van der Waals surface area contributed by atoms with Crippen LogP contribution in [0.15, 0.2) is 27.4 Å². The van der Waals surface area contributed by atoms with Crippen molar-refractivity contribution in [3.63, 3.8) is 0 Å². The highest BCUT2D eigenvalue weighted by atomic mass is 31.2. The standard InChI is InChI=1S/C51H78N5O8P/c1-12-51-31-60-43(44(51)64-65(61-28-27-52-11)56(33(4)5)34(6)7)46(63-51)55-30-36(45(57)54-47(55)58)17-14-26-53-48(59)62-38-22-24-49(9)37(29-38)18-19-39-41-21-20-40(35(8)16-13-15-32(2)3)50(41,10)25-23-42(39)49/h18,30,32-35,38-44,46H,12-13,15-16,19-29,31H2,1-10H3,(H,53,59)(H,54,57,58)/t35?,38-,39-,40+,41-,42-,43?,44+,46+,49-,50+,51-,65?/m0/s1. The summed E-state index contributed by atoms with van der Waals surface area (Å²) in [7, 11) is -1.61. The summed E-state index contributed by atoms with van der Waals surface area (Å²) in [6, 6.07) is 0.196. The molecule has 1 amide bonds. The van der Waals surface area contributed by atoms with Crippen molar-refractivity contribution in [3.05, 3.63) is 55.7 Å². The van der Waals surface area contributed by atoms with Crippen LogP contribution in [-0.4, -0.2) is 82.6 Å². The number of amides is 1. The van der Waals surface area contributed by atoms with Crippen LogP contribution in [0.4, 0.5) is 4.79 Å². The van der Waals surface area contributed by atoms with Gasteiger partial charge >= 0.3 is 11.8 Å². The fraction of sp³-hybridized carbons (Fsp3) is 0.804. The summed E-state index contributed by atoms with van der Waals surface area (Å²) in [5.41, 5.74) is -0.0172. The zero-order valence-corrected chi connectivity index (χ0v) is 41.8. The Labute approximate surface area is 389 Å². The number of ether oxygens (including phenoxy) is 3. The number of aromatic nitrogens is 2. The van der Waals surface area contributed by atoms with E-state index in [-0.39, 0.29) is 55.5 Å². The number of nitrogens with zero attached hydrogens (tertiary/aromatic N) is 3. The van der Waals surface area contributed by atoms with E-state index in [1.165, 1.54) is 61.3 Å². The second kappa shape index (κ2) is 20.7. The molecule has 1 aromatic rings. The van der Waals surface area contributed by atoms with E-state index in [1.54, 1.807) is 0 Å². The molecule has 0 radical (unpaired) electrons. The molecule has 360 valence electrons. The highest BCUT2D eigenvalue weighted by molar-refractivity contribution is 7.44. The van der Waals surface area contributed by atoms with Gasteiger partial charge in [-0.05, 0) is 125 Å². The number of carbonyl (C=O) groups excluding carboxylic acids is 1. The van der Waals surface area contributed by atoms with Crippen LogP contribution in [0.2, 0.25) is 0 Å². The first-order valence-corrected chi connectivity index (χ1v) is 26.1. The van der Waals surface area contributed by atoms with Crippen molar-refractivity contribution in [2.24, 2.45) is 46.3 Å². The van der Waals surface area contributed by atoms with Gasteiger partial charge in [0.25, 0.3) is 14.1 Å². The molecular weight excluding hydrogens is 842 g/mol. The van der Waals surface area contributed by atoms with Crippen molar-refractivity contribution >= 4 is 14.6 Å². The Morgan fingerprint density at radius 2 is 1.85 bits per heavy atom. The molecule has 14 heteroatoms. The molecule has 0 aromatic carbocycles. The molecule has 5 fully saturated rings. The number of carbonyl (C=O) groups is 1. The van der Waals surface area contributed by atoms with Crippen LogP contribution >= 0.6 is 8.53 Å². The lowest BCUT2D eigenvalue weighted by Gasteiger charge is -2.58. The maximum Gasteiger partial charge on any atom is 0.408 e. The highest BCUT2D eigenvalue weighted by Gasteiger charge is 2.64. The van der Waals surface area contributed by atoms with Gasteiger partial charge in [-0.15, -0.1) is 0 Å². The van der Waals surface area contributed by atoms with Crippen LogP contribution in [0.5, 0.6) is 0 Å². The third-order valence-corrected chi connectivity index (χ3v) is 18.9. The Balaban J connectivity index is 0.949. The summed E-state index contributed by atoms with van der Waals surface area (Å²) in [5.74, 6) is 10.4. The molecule has 1 aromatic heterocycles. The van der Waals surface area contributed by atoms with Crippen molar-refractivity contribution in [2.45, 2.75) is 189 Å². The van der Waals surface area contributed by atoms with Gasteiger partial charge in [0.1, 0.15) is 36.1 Å². The molecule has 2 bridgehead atoms. The minimum atomic E-state index is -1.61. The van der Waals surface area contributed by atoms with E-state index in [4.69, 9.17) is 29.8 Å². The summed E-state index contributed by atoms with van der Waals surface area (Å²) in [4.78, 5) is 45.2. The molecule has 13 atom stereocenters. The number of aromatic amines is 1. The summed E-state index contributed by atoms with van der Waals surface area (Å²) in [6.45, 7) is 30.6. The van der Waals surface area contributed by atoms with E-state index in [2.05, 4.69) is 100 Å². The third kappa shape index (κ3) is 10.1. The van der Waals surface area contributed by atoms with Gasteiger partial charge in [0.15, 0.2) is 6.23 Å². The quantitative estimate of drug-likeness (QED) is 0.0515. The predicted octanol–water partition coefficient (Wildman–Crippen LogP) is 9.77. The Morgan fingerprint density at radius 3 is 2.55 bits per heavy atom. The molecule has 7 rings (SSSR count). The molecule has 3 saturated carbocycles. The Hall–Kier alpha value is -3.03. The molecule has 2 aliphatic heterocycles. The van der Waals surface area contributed by atoms with E-state index < -0.39 is 49.9 Å². The van der Waals surface area contributed by atoms with Crippen molar-refractivity contribution in [1.29, 1.82) is 0 Å². The lowest BCUT2D eigenvalue weighted by molar-refractivity contribution is -0.175. The SMILES string of the molecule is [C-]#[N+]CCOP(O[C@@H]1C2OC[C@]1(CC)O[C@H]2n1cc(C#CCNC(=O)O[C@H]2CC[C@@]3(C)C(=CC[C@H]4[C@@H]5CC[C@H](C(C)CCCC(C)C)[C@@]5(C)CC[C@@H]43)C2)c(=O)[nH]c1=O)N(C(C)C)C(C)C. The predicted molar refractivity (Wildman–Crippen MR) is 254 cm³/mol. The molecule has 0 spiro atoms. The molecule has 3 unspecified atom stereocenters. The van der Waals surface area contributed by atoms with E-state index in [1.807, 2.05) is 6.92 Å². The molecule has 13 nitrogen and oxygen atoms in total. The molecule has 2 N–H and O–H groups in total. The molecule has 65 heavy (non-hydrogen) atoms. The number of nitrogens with one attached hydrogen (secondary N) is 2. The van der Waals surface area contributed by atoms with Gasteiger partial charge in [0.05, 0.1) is 13.2 Å². The second-order valence-electron chi connectivity index (χ2n) is 21.7. The van der Waals surface area contributed by atoms with E-state index in [9.17, 15) is 14.4 Å². The van der Waals surface area contributed by atoms with Crippen LogP contribution in [0.3, 0.4) is 0 Å². The Morgan fingerprint density at radius 1 is 1.08 bits per heavy atom. The van der Waals surface area contributed by atoms with Crippen LogP contribution in [0, 0.1) is 64.8 Å². The highest BCUT2D eigenvalue weighted by Crippen LogP contribution is 2.67. The average Bonchev–Trinajstić information content (AvgIpc) is 3.89. The van der Waals surface area contributed by atoms with Crippen molar-refractivity contribution < 1.29 is 28.1 Å². The summed E-state index contributed by atoms with van der Waals surface area (Å²) in [5, 5.41) is 2.76. The minimum absolute atomic E-state index is 0.0362. The van der Waals surface area contributed by atoms with Gasteiger partial charge < -0.3 is 33.4 Å². The second-order valence-corrected chi connectivity index (χ2v) is 23.1. The number of hydrogen-bond donors (Lipinski definition) is 2. The number of alkyl carbamates (subject to hydrolysis) is 1. The molecule has 3 heterocycles. The van der Waals surface area contributed by atoms with Crippen LogP contribution < -0.4 is 16.6 Å². The minimum Gasteiger partial charge on any atom is -0.446 e. The van der Waals surface area contributed by atoms with Crippen molar-refractivity contribution in [1.82, 2.24) is 19.5 Å². The zero-order chi connectivity index (χ0) is 46.8. The maximum atomic E-state index is 13.3.